The summed E-state index contributed by atoms with van der Waals surface area (Å²) in [7, 11) is 0. The molecule has 0 aliphatic carbocycles. The van der Waals surface area contributed by atoms with Crippen molar-refractivity contribution in [1.29, 1.82) is 0 Å². The van der Waals surface area contributed by atoms with Crippen molar-refractivity contribution in [2.24, 2.45) is 5.73 Å². The summed E-state index contributed by atoms with van der Waals surface area (Å²) in [5.41, 5.74) is 4.85. The van der Waals surface area contributed by atoms with Crippen LogP contribution >= 0.6 is 0 Å². The van der Waals surface area contributed by atoms with Crippen molar-refractivity contribution in [2.45, 2.75) is 13.1 Å². The molecule has 0 spiro atoms. The van der Waals surface area contributed by atoms with Gasteiger partial charge in [-0.25, -0.2) is 4.79 Å². The first-order valence-corrected chi connectivity index (χ1v) is 4.18. The number of carboxylic acids is 1. The van der Waals surface area contributed by atoms with Crippen LogP contribution in [0.15, 0.2) is 12.2 Å². The van der Waals surface area contributed by atoms with Crippen molar-refractivity contribution >= 4 is 17.8 Å². The first-order chi connectivity index (χ1) is 7.65. The minimum absolute atomic E-state index is 0.329. The van der Waals surface area contributed by atoms with Gasteiger partial charge in [-0.2, -0.15) is 13.2 Å². The largest absolute Gasteiger partial charge is 0.490 e. The molecule has 0 radical (unpaired) electrons. The number of rotatable bonds is 0. The molecule has 0 bridgehead atoms. The molecule has 1 aliphatic heterocycles. The number of halogens is 3. The molecule has 4 N–H and O–H groups in total. The maximum atomic E-state index is 10.6. The fraction of sp³-hybridized carbons (Fsp3) is 0.375. The number of carbonyl (C=O) groups excluding carboxylic acids is 2. The molecule has 1 aliphatic rings. The van der Waals surface area contributed by atoms with Crippen LogP contribution in [-0.2, 0) is 14.4 Å². The third kappa shape index (κ3) is 12.0. The standard InChI is InChI=1S/C4H3NO2.C2HF3O2.C2H7N/c6-3-1-2-4(7)5-3;3-2(4,5)1(6)7;1-2-3/h1-2H,(H,5,6,7);(H,6,7);2-3H2,1H3. The Hall–Kier alpha value is -1.90. The Labute approximate surface area is 94.3 Å². The summed E-state index contributed by atoms with van der Waals surface area (Å²) in [4.78, 5) is 29.0. The van der Waals surface area contributed by atoms with Gasteiger partial charge in [-0.3, -0.25) is 14.9 Å². The lowest BCUT2D eigenvalue weighted by atomic mass is 10.6. The molecule has 98 valence electrons. The first kappa shape index (κ1) is 17.5. The quantitative estimate of drug-likeness (QED) is 0.520. The number of hydrogen-bond donors (Lipinski definition) is 3. The predicted molar refractivity (Wildman–Crippen MR) is 50.7 cm³/mol. The molecule has 0 unspecified atom stereocenters. The van der Waals surface area contributed by atoms with Crippen LogP contribution in [0, 0.1) is 0 Å². The molecular formula is C8H11F3N2O4. The van der Waals surface area contributed by atoms with Crippen LogP contribution in [0.25, 0.3) is 0 Å². The van der Waals surface area contributed by atoms with Gasteiger partial charge in [0, 0.05) is 12.2 Å². The minimum atomic E-state index is -5.08. The van der Waals surface area contributed by atoms with Crippen molar-refractivity contribution in [3.8, 4) is 0 Å². The highest BCUT2D eigenvalue weighted by Crippen LogP contribution is 2.13. The second kappa shape index (κ2) is 8.28. The van der Waals surface area contributed by atoms with E-state index >= 15 is 0 Å². The van der Waals surface area contributed by atoms with E-state index in [0.29, 0.717) is 0 Å². The van der Waals surface area contributed by atoms with Crippen LogP contribution in [0.3, 0.4) is 0 Å². The molecule has 17 heavy (non-hydrogen) atoms. The number of hydrogen-bond acceptors (Lipinski definition) is 4. The minimum Gasteiger partial charge on any atom is -0.475 e. The van der Waals surface area contributed by atoms with Gasteiger partial charge in [0.2, 0.25) is 0 Å². The van der Waals surface area contributed by atoms with Gasteiger partial charge in [-0.15, -0.1) is 0 Å². The number of imide groups is 1. The molecule has 0 aromatic rings. The molecule has 1 rings (SSSR count). The van der Waals surface area contributed by atoms with Gasteiger partial charge in [0.25, 0.3) is 11.8 Å². The third-order valence-electron chi connectivity index (χ3n) is 0.875. The average molecular weight is 256 g/mol. The van der Waals surface area contributed by atoms with Gasteiger partial charge in [-0.05, 0) is 6.54 Å². The fourth-order valence-corrected chi connectivity index (χ4v) is 0.356. The first-order valence-electron chi connectivity index (χ1n) is 4.18. The molecule has 2 amide bonds. The number of aliphatic carboxylic acids is 1. The van der Waals surface area contributed by atoms with Crippen molar-refractivity contribution < 1.29 is 32.7 Å². The van der Waals surface area contributed by atoms with E-state index in [1.165, 1.54) is 12.2 Å². The zero-order valence-electron chi connectivity index (χ0n) is 8.75. The van der Waals surface area contributed by atoms with Gasteiger partial charge in [0.1, 0.15) is 0 Å². The molecule has 0 atom stereocenters. The van der Waals surface area contributed by atoms with Crippen molar-refractivity contribution in [3.63, 3.8) is 0 Å². The van der Waals surface area contributed by atoms with Crippen molar-refractivity contribution in [1.82, 2.24) is 5.32 Å². The Morgan fingerprint density at radius 2 is 1.59 bits per heavy atom. The predicted octanol–water partition coefficient (Wildman–Crippen LogP) is -0.203. The Bertz CT molecular complexity index is 296. The normalized spacial score (nSPS) is 13.0. The summed E-state index contributed by atoms with van der Waals surface area (Å²) >= 11 is 0. The number of nitrogens with two attached hydrogens (primary N) is 1. The van der Waals surface area contributed by atoms with Crippen LogP contribution in [0.2, 0.25) is 0 Å². The molecule has 1 heterocycles. The number of carboxylic acid groups (broad SMARTS) is 1. The smallest absolute Gasteiger partial charge is 0.475 e. The molecule has 0 saturated carbocycles. The third-order valence-corrected chi connectivity index (χ3v) is 0.875. The zero-order chi connectivity index (χ0) is 14.1. The average Bonchev–Trinajstić information content (AvgIpc) is 2.50. The van der Waals surface area contributed by atoms with E-state index in [-0.39, 0.29) is 11.8 Å². The summed E-state index contributed by atoms with van der Waals surface area (Å²) in [5.74, 6) is -3.41. The zero-order valence-corrected chi connectivity index (χ0v) is 8.75. The Morgan fingerprint density at radius 3 is 1.65 bits per heavy atom. The molecule has 6 nitrogen and oxygen atoms in total. The van der Waals surface area contributed by atoms with Crippen LogP contribution in [-0.4, -0.2) is 35.6 Å². The van der Waals surface area contributed by atoms with E-state index in [2.05, 4.69) is 0 Å². The van der Waals surface area contributed by atoms with Gasteiger partial charge in [-0.1, -0.05) is 6.92 Å². The molecular weight excluding hydrogens is 245 g/mol. The van der Waals surface area contributed by atoms with Crippen LogP contribution < -0.4 is 11.1 Å². The number of nitrogens with one attached hydrogen (secondary N) is 1. The van der Waals surface area contributed by atoms with E-state index in [9.17, 15) is 22.8 Å². The lowest BCUT2D eigenvalue weighted by Gasteiger charge is -1.93. The van der Waals surface area contributed by atoms with Gasteiger partial charge >= 0.3 is 12.1 Å². The Kier molecular flexibility index (Phi) is 8.52. The fourth-order valence-electron chi connectivity index (χ4n) is 0.356. The molecule has 9 heteroatoms. The summed E-state index contributed by atoms with van der Waals surface area (Å²) in [6.07, 6.45) is -2.69. The second-order valence-corrected chi connectivity index (χ2v) is 2.40. The SMILES string of the molecule is CCN.O=C(O)C(F)(F)F.O=C1C=CC(=O)N1. The molecule has 0 aromatic carbocycles. The Balaban J connectivity index is 0. The van der Waals surface area contributed by atoms with Crippen LogP contribution in [0.5, 0.6) is 0 Å². The highest BCUT2D eigenvalue weighted by atomic mass is 19.4. The molecule has 0 saturated heterocycles. The summed E-state index contributed by atoms with van der Waals surface area (Å²) in [6, 6.07) is 0. The van der Waals surface area contributed by atoms with Gasteiger partial charge in [0.15, 0.2) is 0 Å². The number of carbonyl (C=O) groups is 3. The molecule has 0 aromatic heterocycles. The topological polar surface area (TPSA) is 109 Å². The van der Waals surface area contributed by atoms with E-state index in [1.54, 1.807) is 0 Å². The number of amides is 2. The van der Waals surface area contributed by atoms with Gasteiger partial charge < -0.3 is 10.8 Å². The highest BCUT2D eigenvalue weighted by Gasteiger charge is 2.38. The second-order valence-electron chi connectivity index (χ2n) is 2.40. The molecule has 0 fully saturated rings. The Morgan fingerprint density at radius 1 is 1.35 bits per heavy atom. The maximum absolute atomic E-state index is 10.6. The maximum Gasteiger partial charge on any atom is 0.490 e. The number of alkyl halides is 3. The van der Waals surface area contributed by atoms with E-state index < -0.39 is 12.1 Å². The summed E-state index contributed by atoms with van der Waals surface area (Å²) < 4.78 is 31.7. The van der Waals surface area contributed by atoms with E-state index in [0.717, 1.165) is 6.54 Å². The lowest BCUT2D eigenvalue weighted by Crippen LogP contribution is -2.21. The van der Waals surface area contributed by atoms with Gasteiger partial charge in [0.05, 0.1) is 0 Å². The van der Waals surface area contributed by atoms with Crippen LogP contribution in [0.1, 0.15) is 6.92 Å². The summed E-state index contributed by atoms with van der Waals surface area (Å²) in [5, 5.41) is 9.15. The van der Waals surface area contributed by atoms with Crippen molar-refractivity contribution in [2.75, 3.05) is 6.54 Å². The summed E-state index contributed by atoms with van der Waals surface area (Å²) in [6.45, 7) is 2.65. The highest BCUT2D eigenvalue weighted by molar-refractivity contribution is 6.12. The van der Waals surface area contributed by atoms with E-state index in [4.69, 9.17) is 15.6 Å². The van der Waals surface area contributed by atoms with Crippen molar-refractivity contribution in [3.05, 3.63) is 12.2 Å². The lowest BCUT2D eigenvalue weighted by molar-refractivity contribution is -0.192. The van der Waals surface area contributed by atoms with Crippen LogP contribution in [0.4, 0.5) is 13.2 Å². The monoisotopic (exact) mass is 256 g/mol. The van der Waals surface area contributed by atoms with E-state index in [1.807, 2.05) is 12.2 Å².